The highest BCUT2D eigenvalue weighted by Crippen LogP contribution is 2.27. The van der Waals surface area contributed by atoms with Crippen LogP contribution in [0.15, 0.2) is 60.7 Å². The Labute approximate surface area is 205 Å². The lowest BCUT2D eigenvalue weighted by Gasteiger charge is -2.25. The Morgan fingerprint density at radius 2 is 1.60 bits per heavy atom. The number of sulfonamides is 1. The van der Waals surface area contributed by atoms with Crippen molar-refractivity contribution >= 4 is 32.6 Å². The Morgan fingerprint density at radius 1 is 1.00 bits per heavy atom. The molecule has 1 atom stereocenters. The van der Waals surface area contributed by atoms with Gasteiger partial charge in [-0.05, 0) is 60.4 Å². The number of hydrogen-bond acceptors (Lipinski definition) is 6. The van der Waals surface area contributed by atoms with Crippen LogP contribution >= 0.6 is 0 Å². The van der Waals surface area contributed by atoms with E-state index in [9.17, 15) is 18.0 Å². The molecule has 0 heterocycles. The third-order valence-corrected chi connectivity index (χ3v) is 6.08. The van der Waals surface area contributed by atoms with Gasteiger partial charge in [0, 0.05) is 6.54 Å². The molecule has 0 aliphatic heterocycles. The molecule has 2 amide bonds. The first-order valence-corrected chi connectivity index (χ1v) is 12.9. The van der Waals surface area contributed by atoms with Gasteiger partial charge in [-0.15, -0.1) is 0 Å². The molecular formula is C26H30N2O6S. The van der Waals surface area contributed by atoms with Crippen molar-refractivity contribution in [1.29, 1.82) is 0 Å². The number of ether oxygens (including phenoxy) is 2. The molecule has 0 aliphatic rings. The summed E-state index contributed by atoms with van der Waals surface area (Å²) in [7, 11) is -2.15. The highest BCUT2D eigenvalue weighted by molar-refractivity contribution is 7.89. The van der Waals surface area contributed by atoms with Crippen molar-refractivity contribution in [1.82, 2.24) is 10.0 Å². The SMILES string of the molecule is COc1cc2ccccc2cc1C(=O)NCC(C)c1ccc(OC(C)(C)C(=O)NS(C)(=O)=O)cc1. The van der Waals surface area contributed by atoms with Crippen LogP contribution in [0.4, 0.5) is 0 Å². The third kappa shape index (κ3) is 6.73. The molecule has 0 saturated heterocycles. The fraction of sp³-hybridized carbons (Fsp3) is 0.308. The van der Waals surface area contributed by atoms with Gasteiger partial charge in [-0.1, -0.05) is 43.3 Å². The molecule has 9 heteroatoms. The van der Waals surface area contributed by atoms with Crippen LogP contribution in [0.3, 0.4) is 0 Å². The number of nitrogens with one attached hydrogen (secondary N) is 2. The fourth-order valence-corrected chi connectivity index (χ4v) is 4.10. The van der Waals surface area contributed by atoms with Crippen molar-refractivity contribution in [3.05, 3.63) is 71.8 Å². The topological polar surface area (TPSA) is 111 Å². The number of rotatable bonds is 9. The van der Waals surface area contributed by atoms with E-state index >= 15 is 0 Å². The lowest BCUT2D eigenvalue weighted by molar-refractivity contribution is -0.132. The summed E-state index contributed by atoms with van der Waals surface area (Å²) in [5.41, 5.74) is 0.0431. The molecule has 2 N–H and O–H groups in total. The van der Waals surface area contributed by atoms with E-state index in [-0.39, 0.29) is 11.8 Å². The van der Waals surface area contributed by atoms with Crippen LogP contribution < -0.4 is 19.5 Å². The molecule has 35 heavy (non-hydrogen) atoms. The summed E-state index contributed by atoms with van der Waals surface area (Å²) in [6, 6.07) is 18.5. The van der Waals surface area contributed by atoms with Gasteiger partial charge in [-0.3, -0.25) is 9.59 Å². The van der Waals surface area contributed by atoms with Gasteiger partial charge in [0.15, 0.2) is 5.60 Å². The van der Waals surface area contributed by atoms with Crippen molar-refractivity contribution in [3.8, 4) is 11.5 Å². The number of amides is 2. The molecular weight excluding hydrogens is 468 g/mol. The van der Waals surface area contributed by atoms with Gasteiger partial charge >= 0.3 is 0 Å². The second-order valence-electron chi connectivity index (χ2n) is 8.90. The van der Waals surface area contributed by atoms with Crippen molar-refractivity contribution in [3.63, 3.8) is 0 Å². The minimum absolute atomic E-state index is 0.000921. The molecule has 0 saturated carbocycles. The lowest BCUT2D eigenvalue weighted by atomic mass is 10.0. The van der Waals surface area contributed by atoms with E-state index in [0.29, 0.717) is 23.6 Å². The quantitative estimate of drug-likeness (QED) is 0.466. The molecule has 8 nitrogen and oxygen atoms in total. The maximum Gasteiger partial charge on any atom is 0.277 e. The van der Waals surface area contributed by atoms with Crippen LogP contribution in [-0.2, 0) is 14.8 Å². The zero-order valence-electron chi connectivity index (χ0n) is 20.4. The Kier molecular flexibility index (Phi) is 7.70. The molecule has 3 rings (SSSR count). The minimum Gasteiger partial charge on any atom is -0.496 e. The average molecular weight is 499 g/mol. The van der Waals surface area contributed by atoms with Gasteiger partial charge in [0.05, 0.1) is 18.9 Å². The van der Waals surface area contributed by atoms with Crippen molar-refractivity contribution in [2.75, 3.05) is 19.9 Å². The molecule has 0 fully saturated rings. The predicted octanol–water partition coefficient (Wildman–Crippen LogP) is 3.62. The lowest BCUT2D eigenvalue weighted by Crippen LogP contribution is -2.48. The Morgan fingerprint density at radius 3 is 2.17 bits per heavy atom. The van der Waals surface area contributed by atoms with Crippen molar-refractivity contribution < 1.29 is 27.5 Å². The summed E-state index contributed by atoms with van der Waals surface area (Å²) >= 11 is 0. The van der Waals surface area contributed by atoms with Gasteiger partial charge in [-0.25, -0.2) is 13.1 Å². The van der Waals surface area contributed by atoms with E-state index in [0.717, 1.165) is 22.6 Å². The summed E-state index contributed by atoms with van der Waals surface area (Å²) in [5, 5.41) is 4.91. The highest BCUT2D eigenvalue weighted by Gasteiger charge is 2.32. The number of hydrogen-bond donors (Lipinski definition) is 2. The Hall–Kier alpha value is -3.59. The zero-order valence-corrected chi connectivity index (χ0v) is 21.2. The largest absolute Gasteiger partial charge is 0.496 e. The molecule has 0 aromatic heterocycles. The summed E-state index contributed by atoms with van der Waals surface area (Å²) in [5.74, 6) is -0.0549. The van der Waals surface area contributed by atoms with Gasteiger partial charge < -0.3 is 14.8 Å². The summed E-state index contributed by atoms with van der Waals surface area (Å²) in [4.78, 5) is 25.1. The normalized spacial score (nSPS) is 12.6. The van der Waals surface area contributed by atoms with Crippen LogP contribution in [0.5, 0.6) is 11.5 Å². The number of benzene rings is 3. The zero-order chi connectivity index (χ0) is 25.8. The van der Waals surface area contributed by atoms with Crippen LogP contribution in [0.25, 0.3) is 10.8 Å². The van der Waals surface area contributed by atoms with E-state index < -0.39 is 21.5 Å². The molecule has 0 bridgehead atoms. The number of carbonyl (C=O) groups excluding carboxylic acids is 2. The third-order valence-electron chi connectivity index (χ3n) is 5.53. The predicted molar refractivity (Wildman–Crippen MR) is 135 cm³/mol. The number of methoxy groups -OCH3 is 1. The molecule has 3 aromatic carbocycles. The molecule has 0 radical (unpaired) electrons. The standard InChI is InChI=1S/C26H30N2O6S/c1-17(16-27-24(29)22-14-19-8-6-7-9-20(19)15-23(22)33-4)18-10-12-21(13-11-18)34-26(2,3)25(30)28-35(5,31)32/h6-15,17H,16H2,1-5H3,(H,27,29)(H,28,30). The van der Waals surface area contributed by atoms with E-state index in [1.54, 1.807) is 19.2 Å². The smallest absolute Gasteiger partial charge is 0.277 e. The van der Waals surface area contributed by atoms with E-state index in [1.165, 1.54) is 13.8 Å². The van der Waals surface area contributed by atoms with Gasteiger partial charge in [-0.2, -0.15) is 0 Å². The van der Waals surface area contributed by atoms with Gasteiger partial charge in [0.2, 0.25) is 10.0 Å². The molecule has 1 unspecified atom stereocenters. The summed E-state index contributed by atoms with van der Waals surface area (Å²) in [6.45, 7) is 5.36. The van der Waals surface area contributed by atoms with E-state index in [1.807, 2.05) is 60.2 Å². The van der Waals surface area contributed by atoms with Crippen molar-refractivity contribution in [2.24, 2.45) is 0 Å². The van der Waals surface area contributed by atoms with Crippen LogP contribution in [0.1, 0.15) is 42.6 Å². The Balaban J connectivity index is 1.64. The van der Waals surface area contributed by atoms with E-state index in [2.05, 4.69) is 5.32 Å². The fourth-order valence-electron chi connectivity index (χ4n) is 3.52. The van der Waals surface area contributed by atoms with E-state index in [4.69, 9.17) is 9.47 Å². The van der Waals surface area contributed by atoms with Crippen LogP contribution in [0, 0.1) is 0 Å². The number of fused-ring (bicyclic) bond motifs is 1. The molecule has 0 aliphatic carbocycles. The number of carbonyl (C=O) groups is 2. The maximum absolute atomic E-state index is 12.9. The Bertz CT molecular complexity index is 1330. The molecule has 3 aromatic rings. The van der Waals surface area contributed by atoms with Crippen LogP contribution in [-0.4, -0.2) is 45.7 Å². The first-order valence-electron chi connectivity index (χ1n) is 11.1. The minimum atomic E-state index is -3.69. The first kappa shape index (κ1) is 26.0. The molecule has 0 spiro atoms. The van der Waals surface area contributed by atoms with Crippen LogP contribution in [0.2, 0.25) is 0 Å². The van der Waals surface area contributed by atoms with Crippen molar-refractivity contribution in [2.45, 2.75) is 32.3 Å². The average Bonchev–Trinajstić information content (AvgIpc) is 2.80. The van der Waals surface area contributed by atoms with Gasteiger partial charge in [0.1, 0.15) is 11.5 Å². The van der Waals surface area contributed by atoms with Gasteiger partial charge in [0.25, 0.3) is 11.8 Å². The summed E-state index contributed by atoms with van der Waals surface area (Å²) in [6.07, 6.45) is 0.909. The second-order valence-corrected chi connectivity index (χ2v) is 10.6. The highest BCUT2D eigenvalue weighted by atomic mass is 32.2. The second kappa shape index (κ2) is 10.4. The molecule has 186 valence electrons. The maximum atomic E-state index is 12.9. The first-order chi connectivity index (χ1) is 16.4. The summed E-state index contributed by atoms with van der Waals surface area (Å²) < 4.78 is 35.7. The monoisotopic (exact) mass is 498 g/mol.